The maximum absolute atomic E-state index is 14.1. The van der Waals surface area contributed by atoms with Gasteiger partial charge in [-0.25, -0.2) is 4.98 Å². The lowest BCUT2D eigenvalue weighted by Crippen LogP contribution is -2.50. The number of unbranched alkanes of at least 4 members (excludes halogenated alkanes) is 2. The van der Waals surface area contributed by atoms with Gasteiger partial charge in [-0.3, -0.25) is 9.59 Å². The Labute approximate surface area is 244 Å². The minimum atomic E-state index is -0.108. The summed E-state index contributed by atoms with van der Waals surface area (Å²) in [4.78, 5) is 33.9. The molecule has 0 unspecified atom stereocenters. The molecule has 0 bridgehead atoms. The van der Waals surface area contributed by atoms with Gasteiger partial charge in [0, 0.05) is 25.0 Å². The highest BCUT2D eigenvalue weighted by atomic mass is 16.5. The van der Waals surface area contributed by atoms with Crippen LogP contribution in [-0.4, -0.2) is 52.0 Å². The Morgan fingerprint density at radius 3 is 2.24 bits per heavy atom. The lowest BCUT2D eigenvalue weighted by molar-refractivity contribution is -0.138. The molecule has 2 aliphatic carbocycles. The normalized spacial score (nSPS) is 16.5. The number of fused-ring (bicyclic) bond motifs is 1. The topological polar surface area (TPSA) is 76.5 Å². The van der Waals surface area contributed by atoms with Crippen molar-refractivity contribution in [1.82, 2.24) is 19.8 Å². The number of nitrogens with one attached hydrogen (secondary N) is 1. The van der Waals surface area contributed by atoms with Crippen molar-refractivity contribution in [3.8, 4) is 5.75 Å². The Morgan fingerprint density at radius 1 is 0.878 bits per heavy atom. The molecule has 2 aromatic carbocycles. The standard InChI is InChI=1S/C34H46N4O3/c1-41-31-22-13-10-19-28(31)34(40)35-24-14-4-9-23-32-36-29-20-11-12-21-30(29)37(32)25-33(39)38(26-15-5-2-6-16-26)27-17-7-3-8-18-27/h10-13,19-22,26-27H,2-9,14-18,23-25H2,1H3,(H,35,40). The number of para-hydroxylation sites is 3. The fourth-order valence-corrected chi connectivity index (χ4v) is 6.85. The molecule has 1 N–H and O–H groups in total. The number of rotatable bonds is 12. The van der Waals surface area contributed by atoms with Crippen molar-refractivity contribution < 1.29 is 14.3 Å². The van der Waals surface area contributed by atoms with E-state index in [2.05, 4.69) is 20.9 Å². The molecule has 2 aliphatic rings. The fraction of sp³-hybridized carbons (Fsp3) is 0.559. The van der Waals surface area contributed by atoms with E-state index >= 15 is 0 Å². The van der Waals surface area contributed by atoms with Crippen LogP contribution in [0.1, 0.15) is 99.7 Å². The highest BCUT2D eigenvalue weighted by Gasteiger charge is 2.33. The minimum Gasteiger partial charge on any atom is -0.496 e. The van der Waals surface area contributed by atoms with Crippen LogP contribution in [0.25, 0.3) is 11.0 Å². The van der Waals surface area contributed by atoms with Crippen LogP contribution >= 0.6 is 0 Å². The summed E-state index contributed by atoms with van der Waals surface area (Å²) in [6.07, 6.45) is 15.7. The van der Waals surface area contributed by atoms with Crippen molar-refractivity contribution in [2.24, 2.45) is 0 Å². The summed E-state index contributed by atoms with van der Waals surface area (Å²) in [5, 5.41) is 3.02. The molecule has 220 valence electrons. The van der Waals surface area contributed by atoms with Crippen LogP contribution in [0.5, 0.6) is 5.75 Å². The molecular formula is C34H46N4O3. The summed E-state index contributed by atoms with van der Waals surface area (Å²) in [6.45, 7) is 0.987. The molecule has 1 aromatic heterocycles. The molecule has 0 radical (unpaired) electrons. The number of carbonyl (C=O) groups excluding carboxylic acids is 2. The molecule has 7 heteroatoms. The van der Waals surface area contributed by atoms with E-state index in [1.165, 1.54) is 38.5 Å². The lowest BCUT2D eigenvalue weighted by atomic mass is 9.88. The van der Waals surface area contributed by atoms with Crippen LogP contribution in [0, 0.1) is 0 Å². The predicted octanol–water partition coefficient (Wildman–Crippen LogP) is 6.68. The van der Waals surface area contributed by atoms with Gasteiger partial charge in [0.25, 0.3) is 5.91 Å². The summed E-state index contributed by atoms with van der Waals surface area (Å²) in [7, 11) is 1.58. The third-order valence-electron chi connectivity index (χ3n) is 8.97. The average Bonchev–Trinajstić information content (AvgIpc) is 3.36. The SMILES string of the molecule is COc1ccccc1C(=O)NCCCCCc1nc2ccccc2n1CC(=O)N(C1CCCCC1)C1CCCCC1. The Morgan fingerprint density at radius 2 is 1.54 bits per heavy atom. The molecule has 1 heterocycles. The van der Waals surface area contributed by atoms with Crippen molar-refractivity contribution in [1.29, 1.82) is 0 Å². The number of nitrogens with zero attached hydrogens (tertiary/aromatic N) is 3. The average molecular weight is 559 g/mol. The van der Waals surface area contributed by atoms with Crippen molar-refractivity contribution in [2.45, 2.75) is 109 Å². The first-order valence-electron chi connectivity index (χ1n) is 15.8. The highest BCUT2D eigenvalue weighted by molar-refractivity contribution is 5.96. The van der Waals surface area contributed by atoms with Crippen LogP contribution in [-0.2, 0) is 17.8 Å². The minimum absolute atomic E-state index is 0.108. The third-order valence-corrected chi connectivity index (χ3v) is 8.97. The van der Waals surface area contributed by atoms with Gasteiger partial charge in [-0.2, -0.15) is 0 Å². The Bertz CT molecular complexity index is 1270. The summed E-state index contributed by atoms with van der Waals surface area (Å²) in [5.74, 6) is 1.74. The van der Waals surface area contributed by atoms with Crippen molar-refractivity contribution in [3.05, 3.63) is 59.9 Å². The Kier molecular flexibility index (Phi) is 10.3. The zero-order valence-corrected chi connectivity index (χ0v) is 24.7. The second-order valence-electron chi connectivity index (χ2n) is 11.8. The monoisotopic (exact) mass is 558 g/mol. The first-order chi connectivity index (χ1) is 20.2. The number of carbonyl (C=O) groups is 2. The molecule has 0 aliphatic heterocycles. The van der Waals surface area contributed by atoms with Crippen LogP contribution in [0.15, 0.2) is 48.5 Å². The zero-order chi connectivity index (χ0) is 28.4. The number of hydrogen-bond donors (Lipinski definition) is 1. The highest BCUT2D eigenvalue weighted by Crippen LogP contribution is 2.31. The van der Waals surface area contributed by atoms with Gasteiger partial charge >= 0.3 is 0 Å². The molecule has 5 rings (SSSR count). The summed E-state index contributed by atoms with van der Waals surface area (Å²) >= 11 is 0. The maximum atomic E-state index is 14.1. The third kappa shape index (κ3) is 7.30. The Balaban J connectivity index is 1.20. The van der Waals surface area contributed by atoms with Crippen LogP contribution < -0.4 is 10.1 Å². The van der Waals surface area contributed by atoms with Gasteiger partial charge in [-0.05, 0) is 62.8 Å². The number of benzene rings is 2. The van der Waals surface area contributed by atoms with E-state index in [0.717, 1.165) is 68.2 Å². The van der Waals surface area contributed by atoms with E-state index in [1.807, 2.05) is 30.3 Å². The fourth-order valence-electron chi connectivity index (χ4n) is 6.85. The molecular weight excluding hydrogens is 512 g/mol. The number of aryl methyl sites for hydroxylation is 1. The van der Waals surface area contributed by atoms with Gasteiger partial charge in [0.1, 0.15) is 18.1 Å². The van der Waals surface area contributed by atoms with Gasteiger partial charge in [-0.1, -0.05) is 69.2 Å². The first kappa shape index (κ1) is 29.2. The molecule has 0 saturated heterocycles. The van der Waals surface area contributed by atoms with E-state index in [4.69, 9.17) is 9.72 Å². The summed E-state index contributed by atoms with van der Waals surface area (Å²) in [5.41, 5.74) is 2.57. The largest absolute Gasteiger partial charge is 0.496 e. The Hall–Kier alpha value is -3.35. The van der Waals surface area contributed by atoms with E-state index in [1.54, 1.807) is 19.2 Å². The smallest absolute Gasteiger partial charge is 0.255 e. The number of ether oxygens (including phenoxy) is 1. The molecule has 3 aromatic rings. The molecule has 0 spiro atoms. The predicted molar refractivity (Wildman–Crippen MR) is 163 cm³/mol. The number of amides is 2. The quantitative estimate of drug-likeness (QED) is 0.252. The first-order valence-corrected chi connectivity index (χ1v) is 15.8. The number of methoxy groups -OCH3 is 1. The number of aromatic nitrogens is 2. The van der Waals surface area contributed by atoms with Crippen LogP contribution in [0.3, 0.4) is 0 Å². The molecule has 2 amide bonds. The van der Waals surface area contributed by atoms with Gasteiger partial charge < -0.3 is 19.5 Å². The summed E-state index contributed by atoms with van der Waals surface area (Å²) < 4.78 is 7.49. The van der Waals surface area contributed by atoms with E-state index in [-0.39, 0.29) is 11.8 Å². The molecule has 41 heavy (non-hydrogen) atoms. The van der Waals surface area contributed by atoms with E-state index in [0.29, 0.717) is 36.5 Å². The van der Waals surface area contributed by atoms with Gasteiger partial charge in [-0.15, -0.1) is 0 Å². The second-order valence-corrected chi connectivity index (χ2v) is 11.8. The van der Waals surface area contributed by atoms with E-state index in [9.17, 15) is 9.59 Å². The molecule has 2 saturated carbocycles. The van der Waals surface area contributed by atoms with Crippen molar-refractivity contribution in [2.75, 3.05) is 13.7 Å². The van der Waals surface area contributed by atoms with E-state index < -0.39 is 0 Å². The number of imidazole rings is 1. The maximum Gasteiger partial charge on any atom is 0.255 e. The van der Waals surface area contributed by atoms with Gasteiger partial charge in [0.05, 0.1) is 23.7 Å². The molecule has 0 atom stereocenters. The van der Waals surface area contributed by atoms with Crippen LogP contribution in [0.4, 0.5) is 0 Å². The van der Waals surface area contributed by atoms with Crippen molar-refractivity contribution in [3.63, 3.8) is 0 Å². The van der Waals surface area contributed by atoms with Crippen molar-refractivity contribution >= 4 is 22.8 Å². The molecule has 2 fully saturated rings. The number of hydrogen-bond acceptors (Lipinski definition) is 4. The zero-order valence-electron chi connectivity index (χ0n) is 24.7. The summed E-state index contributed by atoms with van der Waals surface area (Å²) in [6, 6.07) is 16.3. The van der Waals surface area contributed by atoms with Crippen LogP contribution in [0.2, 0.25) is 0 Å². The van der Waals surface area contributed by atoms with Gasteiger partial charge in [0.2, 0.25) is 5.91 Å². The lowest BCUT2D eigenvalue weighted by Gasteiger charge is -2.42. The van der Waals surface area contributed by atoms with Gasteiger partial charge in [0.15, 0.2) is 0 Å². The molecule has 7 nitrogen and oxygen atoms in total. The second kappa shape index (κ2) is 14.5.